The smallest absolute Gasteiger partial charge is 0.410 e. The first-order valence-electron chi connectivity index (χ1n) is 6.52. The molecule has 0 aromatic heterocycles. The molecule has 21 heavy (non-hydrogen) atoms. The average Bonchev–Trinajstić information content (AvgIpc) is 2.44. The number of nitrogens with zero attached hydrogens (tertiary/aromatic N) is 1. The van der Waals surface area contributed by atoms with Crippen LogP contribution in [-0.4, -0.2) is 51.0 Å². The summed E-state index contributed by atoms with van der Waals surface area (Å²) >= 11 is 0. The Balaban J connectivity index is 1.84. The number of benzene rings is 1. The van der Waals surface area contributed by atoms with Crippen LogP contribution in [0.5, 0.6) is 0 Å². The van der Waals surface area contributed by atoms with Crippen molar-refractivity contribution < 1.29 is 22.7 Å². The third-order valence-electron chi connectivity index (χ3n) is 3.02. The largest absolute Gasteiger partial charge is 0.445 e. The molecule has 0 aliphatic carbocycles. The molecule has 0 saturated carbocycles. The summed E-state index contributed by atoms with van der Waals surface area (Å²) in [7, 11) is -3.63. The van der Waals surface area contributed by atoms with E-state index >= 15 is 0 Å². The Morgan fingerprint density at radius 3 is 2.76 bits per heavy atom. The zero-order chi connectivity index (χ0) is 15.3. The molecule has 0 spiro atoms. The molecular formula is C13H18N2O5S. The Morgan fingerprint density at radius 1 is 1.38 bits per heavy atom. The summed E-state index contributed by atoms with van der Waals surface area (Å²) in [6, 6.07) is 9.32. The van der Waals surface area contributed by atoms with Gasteiger partial charge in [-0.1, -0.05) is 30.3 Å². The maximum absolute atomic E-state index is 12.0. The molecule has 1 heterocycles. The molecule has 1 saturated heterocycles. The molecule has 1 fully saturated rings. The fourth-order valence-corrected chi connectivity index (χ4v) is 2.78. The van der Waals surface area contributed by atoms with E-state index in [9.17, 15) is 13.2 Å². The normalized spacial score (nSPS) is 19.3. The van der Waals surface area contributed by atoms with Gasteiger partial charge < -0.3 is 14.4 Å². The van der Waals surface area contributed by atoms with Crippen LogP contribution in [0.25, 0.3) is 0 Å². The molecule has 1 aliphatic heterocycles. The molecule has 116 valence electrons. The van der Waals surface area contributed by atoms with Crippen molar-refractivity contribution in [2.75, 3.05) is 25.4 Å². The third kappa shape index (κ3) is 5.33. The number of ether oxygens (including phenoxy) is 2. The molecule has 1 amide bonds. The fraction of sp³-hybridized carbons (Fsp3) is 0.462. The lowest BCUT2D eigenvalue weighted by atomic mass is 10.2. The van der Waals surface area contributed by atoms with Crippen molar-refractivity contribution in [3.8, 4) is 0 Å². The van der Waals surface area contributed by atoms with Crippen LogP contribution < -0.4 is 5.14 Å². The summed E-state index contributed by atoms with van der Waals surface area (Å²) in [5, 5.41) is 4.98. The summed E-state index contributed by atoms with van der Waals surface area (Å²) in [5.74, 6) is -0.310. The quantitative estimate of drug-likeness (QED) is 0.862. The van der Waals surface area contributed by atoms with Gasteiger partial charge in [0.25, 0.3) is 0 Å². The summed E-state index contributed by atoms with van der Waals surface area (Å²) < 4.78 is 32.6. The molecule has 1 aromatic carbocycles. The van der Waals surface area contributed by atoms with Crippen LogP contribution in [0.4, 0.5) is 4.79 Å². The van der Waals surface area contributed by atoms with E-state index in [0.717, 1.165) is 5.56 Å². The molecule has 8 heteroatoms. The van der Waals surface area contributed by atoms with E-state index in [2.05, 4.69) is 0 Å². The van der Waals surface area contributed by atoms with Crippen LogP contribution >= 0.6 is 0 Å². The van der Waals surface area contributed by atoms with Gasteiger partial charge in [0, 0.05) is 6.54 Å². The van der Waals surface area contributed by atoms with Gasteiger partial charge in [0.1, 0.15) is 6.61 Å². The van der Waals surface area contributed by atoms with Gasteiger partial charge >= 0.3 is 6.09 Å². The predicted molar refractivity (Wildman–Crippen MR) is 75.9 cm³/mol. The van der Waals surface area contributed by atoms with Gasteiger partial charge in [0.2, 0.25) is 10.0 Å². The Hall–Kier alpha value is -1.64. The highest BCUT2D eigenvalue weighted by Crippen LogP contribution is 2.10. The average molecular weight is 314 g/mol. The number of amides is 1. The minimum atomic E-state index is -3.63. The van der Waals surface area contributed by atoms with Crippen LogP contribution in [0, 0.1) is 0 Å². The zero-order valence-electron chi connectivity index (χ0n) is 11.5. The second kappa shape index (κ2) is 6.88. The van der Waals surface area contributed by atoms with Crippen molar-refractivity contribution >= 4 is 16.1 Å². The van der Waals surface area contributed by atoms with Gasteiger partial charge in [0.15, 0.2) is 0 Å². The van der Waals surface area contributed by atoms with E-state index in [-0.39, 0.29) is 25.5 Å². The Labute approximate surface area is 123 Å². The number of hydrogen-bond donors (Lipinski definition) is 1. The molecule has 2 N–H and O–H groups in total. The summed E-state index contributed by atoms with van der Waals surface area (Å²) in [6.07, 6.45) is -1.10. The molecular weight excluding hydrogens is 296 g/mol. The van der Waals surface area contributed by atoms with Crippen molar-refractivity contribution in [1.29, 1.82) is 0 Å². The van der Waals surface area contributed by atoms with E-state index in [1.165, 1.54) is 4.90 Å². The van der Waals surface area contributed by atoms with E-state index in [1.54, 1.807) is 0 Å². The van der Waals surface area contributed by atoms with E-state index in [1.807, 2.05) is 30.3 Å². The standard InChI is InChI=1S/C13H18N2O5S/c14-21(17,18)10-12-8-15(6-7-19-12)13(16)20-9-11-4-2-1-3-5-11/h1-5,12H,6-10H2,(H2,14,17,18). The second-order valence-electron chi connectivity index (χ2n) is 4.81. The minimum Gasteiger partial charge on any atom is -0.445 e. The third-order valence-corrected chi connectivity index (χ3v) is 3.86. The lowest BCUT2D eigenvalue weighted by molar-refractivity contribution is -0.0178. The van der Waals surface area contributed by atoms with Crippen molar-refractivity contribution in [3.63, 3.8) is 0 Å². The first kappa shape index (κ1) is 15.7. The highest BCUT2D eigenvalue weighted by molar-refractivity contribution is 7.89. The topological polar surface area (TPSA) is 98.9 Å². The van der Waals surface area contributed by atoms with Gasteiger partial charge in [-0.2, -0.15) is 0 Å². The summed E-state index contributed by atoms with van der Waals surface area (Å²) in [4.78, 5) is 13.4. The number of nitrogens with two attached hydrogens (primary N) is 1. The van der Waals surface area contributed by atoms with E-state index < -0.39 is 22.2 Å². The van der Waals surface area contributed by atoms with Gasteiger partial charge in [-0.25, -0.2) is 18.4 Å². The number of carbonyl (C=O) groups is 1. The van der Waals surface area contributed by atoms with Crippen molar-refractivity contribution in [3.05, 3.63) is 35.9 Å². The first-order chi connectivity index (χ1) is 9.94. The van der Waals surface area contributed by atoms with E-state index in [0.29, 0.717) is 6.54 Å². The van der Waals surface area contributed by atoms with Crippen molar-refractivity contribution in [1.82, 2.24) is 4.90 Å². The van der Waals surface area contributed by atoms with Crippen LogP contribution in [-0.2, 0) is 26.1 Å². The fourth-order valence-electron chi connectivity index (χ4n) is 2.06. The number of primary sulfonamides is 1. The summed E-state index contributed by atoms with van der Waals surface area (Å²) in [5.41, 5.74) is 0.889. The zero-order valence-corrected chi connectivity index (χ0v) is 12.3. The van der Waals surface area contributed by atoms with Crippen LogP contribution in [0.1, 0.15) is 5.56 Å². The Kier molecular flexibility index (Phi) is 5.16. The summed E-state index contributed by atoms with van der Waals surface area (Å²) in [6.45, 7) is 0.969. The van der Waals surface area contributed by atoms with Crippen LogP contribution in [0.3, 0.4) is 0 Å². The molecule has 1 unspecified atom stereocenters. The van der Waals surface area contributed by atoms with Crippen LogP contribution in [0.2, 0.25) is 0 Å². The molecule has 2 rings (SSSR count). The number of carbonyl (C=O) groups excluding carboxylic acids is 1. The number of sulfonamides is 1. The maximum atomic E-state index is 12.0. The molecule has 1 atom stereocenters. The Morgan fingerprint density at radius 2 is 2.10 bits per heavy atom. The lowest BCUT2D eigenvalue weighted by Crippen LogP contribution is -2.48. The highest BCUT2D eigenvalue weighted by atomic mass is 32.2. The van der Waals surface area contributed by atoms with Gasteiger partial charge in [-0.15, -0.1) is 0 Å². The molecule has 1 aliphatic rings. The number of morpholine rings is 1. The number of hydrogen-bond acceptors (Lipinski definition) is 5. The molecule has 1 aromatic rings. The first-order valence-corrected chi connectivity index (χ1v) is 8.23. The molecule has 0 bridgehead atoms. The number of rotatable bonds is 4. The minimum absolute atomic E-state index is 0.157. The Bertz CT molecular complexity index is 575. The highest BCUT2D eigenvalue weighted by Gasteiger charge is 2.27. The second-order valence-corrected chi connectivity index (χ2v) is 6.47. The monoisotopic (exact) mass is 314 g/mol. The van der Waals surface area contributed by atoms with Gasteiger partial charge in [-0.05, 0) is 5.56 Å². The SMILES string of the molecule is NS(=O)(=O)CC1CN(C(=O)OCc2ccccc2)CCO1. The molecule has 0 radical (unpaired) electrons. The van der Waals surface area contributed by atoms with Crippen LogP contribution in [0.15, 0.2) is 30.3 Å². The van der Waals surface area contributed by atoms with Gasteiger partial charge in [0.05, 0.1) is 25.0 Å². The predicted octanol–water partition coefficient (Wildman–Crippen LogP) is 0.313. The van der Waals surface area contributed by atoms with E-state index in [4.69, 9.17) is 14.6 Å². The molecule has 7 nitrogen and oxygen atoms in total. The van der Waals surface area contributed by atoms with Crippen molar-refractivity contribution in [2.24, 2.45) is 5.14 Å². The van der Waals surface area contributed by atoms with Crippen molar-refractivity contribution in [2.45, 2.75) is 12.7 Å². The maximum Gasteiger partial charge on any atom is 0.410 e. The lowest BCUT2D eigenvalue weighted by Gasteiger charge is -2.31. The van der Waals surface area contributed by atoms with Gasteiger partial charge in [-0.3, -0.25) is 0 Å².